The van der Waals surface area contributed by atoms with Crippen molar-refractivity contribution in [3.8, 4) is 16.9 Å². The van der Waals surface area contributed by atoms with Gasteiger partial charge in [0, 0.05) is 31.2 Å². The lowest BCUT2D eigenvalue weighted by Crippen LogP contribution is -2.27. The Labute approximate surface area is 184 Å². The third-order valence-corrected chi connectivity index (χ3v) is 5.30. The van der Waals surface area contributed by atoms with Gasteiger partial charge in [-0.1, -0.05) is 24.3 Å². The zero-order valence-electron chi connectivity index (χ0n) is 17.4. The van der Waals surface area contributed by atoms with Crippen LogP contribution >= 0.6 is 0 Å². The summed E-state index contributed by atoms with van der Waals surface area (Å²) in [5.74, 6) is 0.320. The van der Waals surface area contributed by atoms with Crippen LogP contribution in [0.15, 0.2) is 91.4 Å². The highest BCUT2D eigenvalue weighted by Crippen LogP contribution is 2.23. The molecule has 0 atom stereocenters. The van der Waals surface area contributed by atoms with E-state index in [1.807, 2.05) is 59.1 Å². The summed E-state index contributed by atoms with van der Waals surface area (Å²) >= 11 is 0. The van der Waals surface area contributed by atoms with Gasteiger partial charge in [0.25, 0.3) is 5.91 Å². The lowest BCUT2D eigenvalue weighted by molar-refractivity contribution is 0.0777. The van der Waals surface area contributed by atoms with Gasteiger partial charge < -0.3 is 9.30 Å². The van der Waals surface area contributed by atoms with Crippen molar-refractivity contribution < 1.29 is 9.18 Å². The standard InChI is InChI=1S/C25H20FN5O/c1-29(17-21-7-2-3-13-27-21)25(32)23-12-14-31(28-23)24-11-10-22-9-8-19(16-30(22)24)18-5-4-6-20(26)15-18/h2-16H,17H2,1H3. The van der Waals surface area contributed by atoms with Crippen LogP contribution in [-0.2, 0) is 6.54 Å². The number of amides is 1. The molecule has 0 aliphatic rings. The van der Waals surface area contributed by atoms with Crippen LogP contribution in [0.2, 0.25) is 0 Å². The minimum absolute atomic E-state index is 0.185. The van der Waals surface area contributed by atoms with Crippen molar-refractivity contribution in [3.63, 3.8) is 0 Å². The van der Waals surface area contributed by atoms with Crippen LogP contribution in [0.1, 0.15) is 16.2 Å². The summed E-state index contributed by atoms with van der Waals surface area (Å²) in [6.07, 6.45) is 5.41. The highest BCUT2D eigenvalue weighted by molar-refractivity contribution is 5.92. The van der Waals surface area contributed by atoms with E-state index in [4.69, 9.17) is 0 Å². The Kier molecular flexibility index (Phi) is 4.99. The molecule has 5 rings (SSSR count). The number of nitrogens with zero attached hydrogens (tertiary/aromatic N) is 5. The highest BCUT2D eigenvalue weighted by atomic mass is 19.1. The van der Waals surface area contributed by atoms with Crippen molar-refractivity contribution in [2.45, 2.75) is 6.54 Å². The Morgan fingerprint density at radius 3 is 2.69 bits per heavy atom. The number of hydrogen-bond donors (Lipinski definition) is 0. The molecule has 4 heterocycles. The molecule has 4 aromatic heterocycles. The van der Waals surface area contributed by atoms with Crippen LogP contribution in [-0.4, -0.2) is 37.0 Å². The third kappa shape index (κ3) is 3.76. The molecule has 0 unspecified atom stereocenters. The second kappa shape index (κ2) is 8.11. The van der Waals surface area contributed by atoms with Gasteiger partial charge in [-0.05, 0) is 59.7 Å². The Balaban J connectivity index is 1.44. The van der Waals surface area contributed by atoms with Crippen molar-refractivity contribution >= 4 is 11.4 Å². The fraction of sp³-hybridized carbons (Fsp3) is 0.0800. The highest BCUT2D eigenvalue weighted by Gasteiger charge is 2.17. The number of pyridine rings is 2. The third-order valence-electron chi connectivity index (χ3n) is 5.30. The van der Waals surface area contributed by atoms with Gasteiger partial charge in [-0.15, -0.1) is 0 Å². The van der Waals surface area contributed by atoms with Crippen LogP contribution in [0.5, 0.6) is 0 Å². The number of carbonyl (C=O) groups excluding carboxylic acids is 1. The van der Waals surface area contributed by atoms with E-state index in [1.165, 1.54) is 12.1 Å². The normalized spacial score (nSPS) is 11.1. The second-order valence-corrected chi connectivity index (χ2v) is 7.54. The minimum atomic E-state index is -0.277. The quantitative estimate of drug-likeness (QED) is 0.414. The van der Waals surface area contributed by atoms with E-state index in [9.17, 15) is 9.18 Å². The summed E-state index contributed by atoms with van der Waals surface area (Å²) in [6.45, 7) is 0.400. The number of benzene rings is 1. The summed E-state index contributed by atoms with van der Waals surface area (Å²) in [4.78, 5) is 18.7. The maximum Gasteiger partial charge on any atom is 0.274 e. The van der Waals surface area contributed by atoms with Crippen LogP contribution < -0.4 is 0 Å². The van der Waals surface area contributed by atoms with Gasteiger partial charge in [0.2, 0.25) is 0 Å². The Hall–Kier alpha value is -4.26. The number of halogens is 1. The average molecular weight is 425 g/mol. The van der Waals surface area contributed by atoms with E-state index in [2.05, 4.69) is 10.1 Å². The SMILES string of the molecule is CN(Cc1ccccn1)C(=O)c1ccn(-c2ccc3ccc(-c4cccc(F)c4)cn23)n1. The molecule has 1 amide bonds. The fourth-order valence-electron chi connectivity index (χ4n) is 3.68. The maximum absolute atomic E-state index is 13.7. The first-order valence-electron chi connectivity index (χ1n) is 10.2. The second-order valence-electron chi connectivity index (χ2n) is 7.54. The van der Waals surface area contributed by atoms with Crippen molar-refractivity contribution in [3.05, 3.63) is 109 Å². The van der Waals surface area contributed by atoms with E-state index >= 15 is 0 Å². The first-order valence-corrected chi connectivity index (χ1v) is 10.2. The molecule has 0 aliphatic heterocycles. The number of rotatable bonds is 5. The molecule has 0 saturated carbocycles. The van der Waals surface area contributed by atoms with E-state index in [0.717, 1.165) is 28.2 Å². The first kappa shape index (κ1) is 19.7. The smallest absolute Gasteiger partial charge is 0.274 e. The minimum Gasteiger partial charge on any atom is -0.334 e. The number of fused-ring (bicyclic) bond motifs is 1. The molecule has 32 heavy (non-hydrogen) atoms. The molecule has 6 nitrogen and oxygen atoms in total. The molecule has 158 valence electrons. The lowest BCUT2D eigenvalue weighted by Gasteiger charge is -2.15. The van der Waals surface area contributed by atoms with E-state index in [-0.39, 0.29) is 11.7 Å². The van der Waals surface area contributed by atoms with Gasteiger partial charge in [0.05, 0.1) is 12.2 Å². The molecular weight excluding hydrogens is 405 g/mol. The van der Waals surface area contributed by atoms with Crippen LogP contribution in [0.3, 0.4) is 0 Å². The molecule has 0 spiro atoms. The number of hydrogen-bond acceptors (Lipinski definition) is 3. The monoisotopic (exact) mass is 425 g/mol. The fourth-order valence-corrected chi connectivity index (χ4v) is 3.68. The van der Waals surface area contributed by atoms with Crippen molar-refractivity contribution in [1.29, 1.82) is 0 Å². The molecule has 1 aromatic carbocycles. The first-order chi connectivity index (χ1) is 15.6. The van der Waals surface area contributed by atoms with Crippen LogP contribution in [0.25, 0.3) is 22.5 Å². The van der Waals surface area contributed by atoms with Gasteiger partial charge in [-0.25, -0.2) is 9.07 Å². The summed E-state index contributed by atoms with van der Waals surface area (Å²) < 4.78 is 17.3. The zero-order chi connectivity index (χ0) is 22.1. The molecule has 0 N–H and O–H groups in total. The molecule has 0 aliphatic carbocycles. The molecule has 0 bridgehead atoms. The van der Waals surface area contributed by atoms with Gasteiger partial charge in [0.15, 0.2) is 5.69 Å². The predicted molar refractivity (Wildman–Crippen MR) is 120 cm³/mol. The lowest BCUT2D eigenvalue weighted by atomic mass is 10.1. The summed E-state index contributed by atoms with van der Waals surface area (Å²) in [5.41, 5.74) is 3.80. The molecule has 0 saturated heterocycles. The van der Waals surface area contributed by atoms with Crippen molar-refractivity contribution in [2.75, 3.05) is 7.05 Å². The molecule has 5 aromatic rings. The van der Waals surface area contributed by atoms with E-state index < -0.39 is 0 Å². The maximum atomic E-state index is 13.7. The van der Waals surface area contributed by atoms with Crippen molar-refractivity contribution in [1.82, 2.24) is 24.1 Å². The average Bonchev–Trinajstić information content (AvgIpc) is 3.46. The molecular formula is C25H20FN5O. The van der Waals surface area contributed by atoms with Gasteiger partial charge in [-0.3, -0.25) is 9.78 Å². The number of aromatic nitrogens is 4. The van der Waals surface area contributed by atoms with Gasteiger partial charge in [-0.2, -0.15) is 5.10 Å². The summed E-state index contributed by atoms with van der Waals surface area (Å²) in [6, 6.07) is 21.7. The zero-order valence-corrected chi connectivity index (χ0v) is 17.4. The predicted octanol–water partition coefficient (Wildman–Crippen LogP) is 4.60. The molecule has 0 fully saturated rings. The van der Waals surface area contributed by atoms with Gasteiger partial charge in [0.1, 0.15) is 11.6 Å². The number of carbonyl (C=O) groups is 1. The van der Waals surface area contributed by atoms with Crippen LogP contribution in [0.4, 0.5) is 4.39 Å². The summed E-state index contributed by atoms with van der Waals surface area (Å²) in [5, 5.41) is 4.51. The Morgan fingerprint density at radius 2 is 1.88 bits per heavy atom. The van der Waals surface area contributed by atoms with Crippen molar-refractivity contribution in [2.24, 2.45) is 0 Å². The Bertz CT molecular complexity index is 1410. The Morgan fingerprint density at radius 1 is 1.00 bits per heavy atom. The van der Waals surface area contributed by atoms with Crippen LogP contribution in [0, 0.1) is 5.82 Å². The summed E-state index contributed by atoms with van der Waals surface area (Å²) in [7, 11) is 1.73. The molecule has 7 heteroatoms. The topological polar surface area (TPSA) is 55.4 Å². The van der Waals surface area contributed by atoms with E-state index in [1.54, 1.807) is 41.2 Å². The largest absolute Gasteiger partial charge is 0.334 e. The van der Waals surface area contributed by atoms with Gasteiger partial charge >= 0.3 is 0 Å². The van der Waals surface area contributed by atoms with E-state index in [0.29, 0.717) is 12.2 Å². The molecule has 0 radical (unpaired) electrons.